The van der Waals surface area contributed by atoms with Crippen LogP contribution in [0.25, 0.3) is 0 Å². The molecule has 1 spiro atoms. The first kappa shape index (κ1) is 21.3. The number of thioether (sulfide) groups is 1. The van der Waals surface area contributed by atoms with Gasteiger partial charge in [-0.05, 0) is 55.7 Å². The number of carbonyl (C=O) groups excluding carboxylic acids is 2. The Bertz CT molecular complexity index is 977. The second-order valence-corrected chi connectivity index (χ2v) is 9.96. The van der Waals surface area contributed by atoms with E-state index in [1.165, 1.54) is 0 Å². The molecule has 0 aliphatic carbocycles. The highest BCUT2D eigenvalue weighted by atomic mass is 35.5. The normalized spacial score (nSPS) is 18.0. The van der Waals surface area contributed by atoms with Crippen LogP contribution < -0.4 is 5.32 Å². The van der Waals surface area contributed by atoms with E-state index in [0.717, 1.165) is 29.8 Å². The number of nitrogens with one attached hydrogen (secondary N) is 1. The van der Waals surface area contributed by atoms with Crippen molar-refractivity contribution in [2.45, 2.75) is 24.6 Å². The minimum Gasteiger partial charge on any atom is -0.324 e. The largest absolute Gasteiger partial charge is 0.324 e. The Kier molecular flexibility index (Phi) is 6.19. The molecule has 1 N–H and O–H groups in total. The van der Waals surface area contributed by atoms with Crippen LogP contribution in [0.5, 0.6) is 0 Å². The first-order valence-corrected chi connectivity index (χ1v) is 11.7. The molecule has 30 heavy (non-hydrogen) atoms. The molecule has 0 saturated carbocycles. The molecule has 2 aliphatic heterocycles. The molecule has 0 atom stereocenters. The first-order chi connectivity index (χ1) is 14.4. The SMILES string of the molecule is Cc1cccc(NC(=O)N2CCC3(CC2)SCCN3C(=O)c2ccc(Cl)cc2Cl)c1. The fourth-order valence-electron chi connectivity index (χ4n) is 4.10. The van der Waals surface area contributed by atoms with Gasteiger partial charge in [0.1, 0.15) is 0 Å². The van der Waals surface area contributed by atoms with Crippen LogP contribution in [0.2, 0.25) is 10.0 Å². The van der Waals surface area contributed by atoms with Gasteiger partial charge in [-0.25, -0.2) is 4.79 Å². The smallest absolute Gasteiger partial charge is 0.321 e. The summed E-state index contributed by atoms with van der Waals surface area (Å²) < 4.78 is 0. The zero-order valence-electron chi connectivity index (χ0n) is 16.7. The molecule has 2 aromatic carbocycles. The topological polar surface area (TPSA) is 52.7 Å². The number of urea groups is 1. The van der Waals surface area contributed by atoms with E-state index >= 15 is 0 Å². The lowest BCUT2D eigenvalue weighted by atomic mass is 10.0. The van der Waals surface area contributed by atoms with Crippen molar-refractivity contribution >= 4 is 52.6 Å². The van der Waals surface area contributed by atoms with E-state index in [4.69, 9.17) is 23.2 Å². The number of hydrogen-bond donors (Lipinski definition) is 1. The van der Waals surface area contributed by atoms with Crippen LogP contribution >= 0.6 is 35.0 Å². The van der Waals surface area contributed by atoms with Gasteiger partial charge < -0.3 is 15.1 Å². The number of likely N-dealkylation sites (tertiary alicyclic amines) is 1. The third-order valence-corrected chi connectivity index (χ3v) is 7.79. The fraction of sp³-hybridized carbons (Fsp3) is 0.364. The second-order valence-electron chi connectivity index (χ2n) is 7.66. The maximum absolute atomic E-state index is 13.2. The lowest BCUT2D eigenvalue weighted by Gasteiger charge is -2.44. The molecule has 2 aliphatic rings. The summed E-state index contributed by atoms with van der Waals surface area (Å²) in [5.41, 5.74) is 2.37. The lowest BCUT2D eigenvalue weighted by molar-refractivity contribution is 0.0586. The third-order valence-electron chi connectivity index (χ3n) is 5.69. The van der Waals surface area contributed by atoms with Crippen molar-refractivity contribution in [1.82, 2.24) is 9.80 Å². The van der Waals surface area contributed by atoms with Gasteiger partial charge in [-0.15, -0.1) is 11.8 Å². The van der Waals surface area contributed by atoms with Crippen molar-refractivity contribution in [3.63, 3.8) is 0 Å². The zero-order chi connectivity index (χ0) is 21.3. The second kappa shape index (κ2) is 8.69. The van der Waals surface area contributed by atoms with E-state index in [0.29, 0.717) is 35.2 Å². The summed E-state index contributed by atoms with van der Waals surface area (Å²) in [5.74, 6) is 0.811. The third kappa shape index (κ3) is 4.27. The number of amides is 3. The monoisotopic (exact) mass is 463 g/mol. The Morgan fingerprint density at radius 1 is 1.07 bits per heavy atom. The molecule has 2 aromatic rings. The predicted molar refractivity (Wildman–Crippen MR) is 124 cm³/mol. The summed E-state index contributed by atoms with van der Waals surface area (Å²) >= 11 is 14.1. The van der Waals surface area contributed by atoms with E-state index in [2.05, 4.69) is 5.32 Å². The molecular weight excluding hydrogens is 441 g/mol. The van der Waals surface area contributed by atoms with E-state index < -0.39 is 0 Å². The highest BCUT2D eigenvalue weighted by Gasteiger charge is 2.47. The van der Waals surface area contributed by atoms with Gasteiger partial charge in [-0.2, -0.15) is 0 Å². The Labute approximate surface area is 190 Å². The van der Waals surface area contributed by atoms with Crippen LogP contribution in [0.15, 0.2) is 42.5 Å². The Morgan fingerprint density at radius 2 is 1.83 bits per heavy atom. The number of rotatable bonds is 2. The van der Waals surface area contributed by atoms with Gasteiger partial charge in [0, 0.05) is 36.1 Å². The van der Waals surface area contributed by atoms with Crippen LogP contribution in [0.1, 0.15) is 28.8 Å². The van der Waals surface area contributed by atoms with Gasteiger partial charge in [0.2, 0.25) is 0 Å². The molecule has 2 saturated heterocycles. The van der Waals surface area contributed by atoms with Gasteiger partial charge >= 0.3 is 6.03 Å². The van der Waals surface area contributed by atoms with Crippen LogP contribution in [-0.4, -0.2) is 52.0 Å². The van der Waals surface area contributed by atoms with E-state index in [9.17, 15) is 9.59 Å². The molecular formula is C22H23Cl2N3O2S. The molecule has 0 radical (unpaired) electrons. The highest BCUT2D eigenvalue weighted by Crippen LogP contribution is 2.45. The Hall–Kier alpha value is -1.89. The lowest BCUT2D eigenvalue weighted by Crippen LogP contribution is -2.54. The van der Waals surface area contributed by atoms with Gasteiger partial charge in [-0.3, -0.25) is 4.79 Å². The van der Waals surface area contributed by atoms with Gasteiger partial charge in [0.25, 0.3) is 5.91 Å². The number of nitrogens with zero attached hydrogens (tertiary/aromatic N) is 2. The molecule has 0 aromatic heterocycles. The van der Waals surface area contributed by atoms with Crippen LogP contribution in [0.3, 0.4) is 0 Å². The molecule has 158 valence electrons. The van der Waals surface area contributed by atoms with E-state index in [1.807, 2.05) is 41.0 Å². The summed E-state index contributed by atoms with van der Waals surface area (Å²) in [4.78, 5) is 29.4. The molecule has 8 heteroatoms. The van der Waals surface area contributed by atoms with Crippen LogP contribution in [0, 0.1) is 6.92 Å². The standard InChI is InChI=1S/C22H23Cl2N3O2S/c1-15-3-2-4-17(13-15)25-21(29)26-9-7-22(8-10-26)27(11-12-30-22)20(28)18-6-5-16(23)14-19(18)24/h2-6,13-14H,7-12H2,1H3,(H,25,29). The van der Waals surface area contributed by atoms with Crippen LogP contribution in [0.4, 0.5) is 10.5 Å². The molecule has 2 heterocycles. The summed E-state index contributed by atoms with van der Waals surface area (Å²) in [6, 6.07) is 12.6. The van der Waals surface area contributed by atoms with Crippen molar-refractivity contribution in [3.05, 3.63) is 63.6 Å². The average molecular weight is 464 g/mol. The van der Waals surface area contributed by atoms with Crippen LogP contribution in [-0.2, 0) is 0 Å². The van der Waals surface area contributed by atoms with Crippen molar-refractivity contribution in [3.8, 4) is 0 Å². The minimum atomic E-state index is -0.292. The van der Waals surface area contributed by atoms with Crippen molar-refractivity contribution in [2.75, 3.05) is 30.7 Å². The first-order valence-electron chi connectivity index (χ1n) is 9.92. The number of aryl methyl sites for hydroxylation is 1. The van der Waals surface area contributed by atoms with Crippen molar-refractivity contribution in [1.29, 1.82) is 0 Å². The molecule has 2 fully saturated rings. The number of hydrogen-bond acceptors (Lipinski definition) is 3. The molecule has 5 nitrogen and oxygen atoms in total. The molecule has 0 unspecified atom stereocenters. The number of anilines is 1. The maximum atomic E-state index is 13.2. The minimum absolute atomic E-state index is 0.0701. The summed E-state index contributed by atoms with van der Waals surface area (Å²) in [7, 11) is 0. The summed E-state index contributed by atoms with van der Waals surface area (Å²) in [6.45, 7) is 3.87. The molecule has 3 amide bonds. The Morgan fingerprint density at radius 3 is 2.53 bits per heavy atom. The maximum Gasteiger partial charge on any atom is 0.321 e. The zero-order valence-corrected chi connectivity index (χ0v) is 19.0. The number of benzene rings is 2. The summed E-state index contributed by atoms with van der Waals surface area (Å²) in [5, 5.41) is 3.85. The number of piperidine rings is 1. The Balaban J connectivity index is 1.43. The fourth-order valence-corrected chi connectivity index (χ4v) is 6.05. The number of halogens is 2. The van der Waals surface area contributed by atoms with E-state index in [-0.39, 0.29) is 16.8 Å². The quantitative estimate of drug-likeness (QED) is 0.637. The van der Waals surface area contributed by atoms with Gasteiger partial charge in [0.15, 0.2) is 0 Å². The van der Waals surface area contributed by atoms with Crippen molar-refractivity contribution in [2.24, 2.45) is 0 Å². The molecule has 4 rings (SSSR count). The van der Waals surface area contributed by atoms with Crippen molar-refractivity contribution < 1.29 is 9.59 Å². The highest BCUT2D eigenvalue weighted by molar-refractivity contribution is 8.00. The number of carbonyl (C=O) groups is 2. The van der Waals surface area contributed by atoms with E-state index in [1.54, 1.807) is 30.0 Å². The van der Waals surface area contributed by atoms with Gasteiger partial charge in [-0.1, -0.05) is 35.3 Å². The average Bonchev–Trinajstić information content (AvgIpc) is 3.11. The summed E-state index contributed by atoms with van der Waals surface area (Å²) in [6.07, 6.45) is 1.46. The van der Waals surface area contributed by atoms with Gasteiger partial charge in [0.05, 0.1) is 15.5 Å². The predicted octanol–water partition coefficient (Wildman–Crippen LogP) is 5.52. The molecule has 0 bridgehead atoms.